The van der Waals surface area contributed by atoms with Gasteiger partial charge < -0.3 is 14.2 Å². The van der Waals surface area contributed by atoms with Crippen molar-refractivity contribution in [1.29, 1.82) is 0 Å². The zero-order valence-corrected chi connectivity index (χ0v) is 43.1. The van der Waals surface area contributed by atoms with Crippen LogP contribution in [0.2, 0.25) is 0 Å². The normalized spacial score (nSPS) is 12.5. The number of unbranched alkanes of at least 4 members (excludes halogenated alkanes) is 33. The molecule has 5 heteroatoms. The average molecular weight is 898 g/mol. The van der Waals surface area contributed by atoms with E-state index in [9.17, 15) is 9.59 Å². The maximum atomic E-state index is 12.8. The summed E-state index contributed by atoms with van der Waals surface area (Å²) in [5, 5.41) is 0. The minimum absolute atomic E-state index is 0.0787. The molecule has 0 radical (unpaired) electrons. The van der Waals surface area contributed by atoms with Crippen molar-refractivity contribution in [2.45, 2.75) is 297 Å². The number of carbonyl (C=O) groups is 2. The molecule has 0 spiro atoms. The van der Waals surface area contributed by atoms with E-state index in [2.05, 4.69) is 69.4 Å². The summed E-state index contributed by atoms with van der Waals surface area (Å²) in [6.07, 6.45) is 68.4. The Bertz CT molecular complexity index is 1060. The lowest BCUT2D eigenvalue weighted by molar-refractivity contribution is -0.163. The molecule has 1 atom stereocenters. The van der Waals surface area contributed by atoms with Crippen LogP contribution in [0.1, 0.15) is 290 Å². The maximum Gasteiger partial charge on any atom is 0.306 e. The molecule has 5 nitrogen and oxygen atoms in total. The molecule has 0 saturated carbocycles. The van der Waals surface area contributed by atoms with Crippen LogP contribution in [0.15, 0.2) is 48.6 Å². The third-order valence-corrected chi connectivity index (χ3v) is 12.3. The van der Waals surface area contributed by atoms with Gasteiger partial charge in [0.2, 0.25) is 0 Å². The van der Waals surface area contributed by atoms with E-state index in [-0.39, 0.29) is 25.2 Å². The first kappa shape index (κ1) is 61.9. The lowest BCUT2D eigenvalue weighted by Gasteiger charge is -2.18. The average Bonchev–Trinajstić information content (AvgIpc) is 3.30. The molecule has 0 saturated heterocycles. The fourth-order valence-electron chi connectivity index (χ4n) is 8.07. The molecule has 0 aromatic carbocycles. The molecule has 0 aliphatic heterocycles. The molecular weight excluding hydrogens is 789 g/mol. The summed E-state index contributed by atoms with van der Waals surface area (Å²) in [4.78, 5) is 25.5. The van der Waals surface area contributed by atoms with E-state index in [1.54, 1.807) is 0 Å². The van der Waals surface area contributed by atoms with Crippen molar-refractivity contribution in [1.82, 2.24) is 0 Å². The Labute approximate surface area is 399 Å². The van der Waals surface area contributed by atoms with Crippen LogP contribution in [0.4, 0.5) is 0 Å². The molecule has 0 heterocycles. The topological polar surface area (TPSA) is 61.8 Å². The van der Waals surface area contributed by atoms with Crippen LogP contribution >= 0.6 is 0 Å². The fourth-order valence-corrected chi connectivity index (χ4v) is 8.07. The van der Waals surface area contributed by atoms with Crippen LogP contribution in [0, 0.1) is 0 Å². The number of carbonyl (C=O) groups excluding carboxylic acids is 2. The number of rotatable bonds is 52. The van der Waals surface area contributed by atoms with Crippen LogP contribution in [-0.4, -0.2) is 37.9 Å². The van der Waals surface area contributed by atoms with Crippen molar-refractivity contribution in [3.8, 4) is 0 Å². The number of hydrogen-bond donors (Lipinski definition) is 0. The smallest absolute Gasteiger partial charge is 0.306 e. The monoisotopic (exact) mass is 897 g/mol. The van der Waals surface area contributed by atoms with Crippen molar-refractivity contribution < 1.29 is 23.8 Å². The highest BCUT2D eigenvalue weighted by Gasteiger charge is 2.17. The Morgan fingerprint density at radius 2 is 0.688 bits per heavy atom. The Morgan fingerprint density at radius 1 is 0.344 bits per heavy atom. The van der Waals surface area contributed by atoms with Crippen molar-refractivity contribution in [3.63, 3.8) is 0 Å². The quantitative estimate of drug-likeness (QED) is 0.0346. The number of esters is 2. The lowest BCUT2D eigenvalue weighted by Crippen LogP contribution is -2.30. The van der Waals surface area contributed by atoms with Gasteiger partial charge in [0, 0.05) is 19.4 Å². The van der Waals surface area contributed by atoms with Crippen LogP contribution in [0.5, 0.6) is 0 Å². The molecule has 64 heavy (non-hydrogen) atoms. The Morgan fingerprint density at radius 3 is 1.11 bits per heavy atom. The highest BCUT2D eigenvalue weighted by atomic mass is 16.6. The standard InChI is InChI=1S/C59H108O5/c1-4-7-10-13-16-19-22-25-28-29-30-31-33-34-37-40-43-46-49-52-58(60)63-56-57(55-62-54-51-48-45-42-39-36-27-24-21-18-15-12-9-6-3)64-59(61)53-50-47-44-41-38-35-32-26-23-20-17-14-11-8-5-2/h12,15,21,24-26,28,32,57H,4-11,13-14,16-20,22-23,27,29-31,33-56H2,1-3H3/b15-12-,24-21-,28-25-,32-26-. The molecule has 0 fully saturated rings. The largest absolute Gasteiger partial charge is 0.462 e. The molecule has 0 bridgehead atoms. The van der Waals surface area contributed by atoms with Gasteiger partial charge in [-0.1, -0.05) is 230 Å². The molecule has 0 aromatic heterocycles. The molecule has 0 aliphatic rings. The van der Waals surface area contributed by atoms with Gasteiger partial charge in [0.1, 0.15) is 6.61 Å². The molecule has 0 N–H and O–H groups in total. The highest BCUT2D eigenvalue weighted by Crippen LogP contribution is 2.15. The van der Waals surface area contributed by atoms with Gasteiger partial charge in [0.15, 0.2) is 6.10 Å². The minimum Gasteiger partial charge on any atom is -0.462 e. The number of allylic oxidation sites excluding steroid dienone is 8. The van der Waals surface area contributed by atoms with E-state index >= 15 is 0 Å². The first-order valence-electron chi connectivity index (χ1n) is 28.2. The minimum atomic E-state index is -0.545. The molecule has 1 unspecified atom stereocenters. The summed E-state index contributed by atoms with van der Waals surface area (Å²) < 4.78 is 17.4. The summed E-state index contributed by atoms with van der Waals surface area (Å²) >= 11 is 0. The number of ether oxygens (including phenoxy) is 3. The van der Waals surface area contributed by atoms with E-state index in [4.69, 9.17) is 14.2 Å². The molecular formula is C59H108O5. The van der Waals surface area contributed by atoms with Gasteiger partial charge in [-0.15, -0.1) is 0 Å². The van der Waals surface area contributed by atoms with Gasteiger partial charge in [-0.25, -0.2) is 0 Å². The van der Waals surface area contributed by atoms with Gasteiger partial charge in [-0.3, -0.25) is 9.59 Å². The Kier molecular flexibility index (Phi) is 53.3. The summed E-state index contributed by atoms with van der Waals surface area (Å²) in [5.74, 6) is -0.403. The van der Waals surface area contributed by atoms with E-state index in [1.807, 2.05) is 0 Å². The molecule has 374 valence electrons. The van der Waals surface area contributed by atoms with E-state index in [0.717, 1.165) is 57.8 Å². The first-order chi connectivity index (χ1) is 31.6. The Balaban J connectivity index is 4.25. The predicted molar refractivity (Wildman–Crippen MR) is 279 cm³/mol. The molecule has 0 amide bonds. The van der Waals surface area contributed by atoms with Crippen molar-refractivity contribution in [3.05, 3.63) is 48.6 Å². The van der Waals surface area contributed by atoms with Crippen molar-refractivity contribution in [2.24, 2.45) is 0 Å². The second kappa shape index (κ2) is 55.2. The second-order valence-electron chi connectivity index (χ2n) is 18.8. The van der Waals surface area contributed by atoms with Gasteiger partial charge in [0.25, 0.3) is 0 Å². The molecule has 0 aromatic rings. The lowest BCUT2D eigenvalue weighted by atomic mass is 10.1. The van der Waals surface area contributed by atoms with Crippen LogP contribution in [-0.2, 0) is 23.8 Å². The van der Waals surface area contributed by atoms with Crippen LogP contribution < -0.4 is 0 Å². The van der Waals surface area contributed by atoms with Gasteiger partial charge >= 0.3 is 11.9 Å². The van der Waals surface area contributed by atoms with Gasteiger partial charge in [0.05, 0.1) is 6.61 Å². The van der Waals surface area contributed by atoms with E-state index in [1.165, 1.54) is 199 Å². The van der Waals surface area contributed by atoms with Crippen LogP contribution in [0.3, 0.4) is 0 Å². The van der Waals surface area contributed by atoms with Crippen LogP contribution in [0.25, 0.3) is 0 Å². The number of hydrogen-bond acceptors (Lipinski definition) is 5. The third-order valence-electron chi connectivity index (χ3n) is 12.3. The predicted octanol–water partition coefficient (Wildman–Crippen LogP) is 19.1. The highest BCUT2D eigenvalue weighted by molar-refractivity contribution is 5.70. The van der Waals surface area contributed by atoms with Crippen molar-refractivity contribution >= 4 is 11.9 Å². The second-order valence-corrected chi connectivity index (χ2v) is 18.8. The fraction of sp³-hybridized carbons (Fsp3) is 0.831. The molecule has 0 rings (SSSR count). The zero-order chi connectivity index (χ0) is 46.3. The summed E-state index contributed by atoms with van der Waals surface area (Å²) in [5.41, 5.74) is 0. The SMILES string of the molecule is CCC/C=C\C/C=C\CCCCCCCCOCC(COC(=O)CCCCCCCCCCC/C=C\CCCCCCCC)OC(=O)CCCCCCC/C=C\CCCCCCCC. The zero-order valence-electron chi connectivity index (χ0n) is 43.1. The summed E-state index contributed by atoms with van der Waals surface area (Å²) in [7, 11) is 0. The summed E-state index contributed by atoms with van der Waals surface area (Å²) in [6.45, 7) is 7.76. The van der Waals surface area contributed by atoms with E-state index in [0.29, 0.717) is 19.4 Å². The molecule has 0 aliphatic carbocycles. The first-order valence-corrected chi connectivity index (χ1v) is 28.2. The van der Waals surface area contributed by atoms with Crippen molar-refractivity contribution in [2.75, 3.05) is 19.8 Å². The van der Waals surface area contributed by atoms with Gasteiger partial charge in [-0.2, -0.15) is 0 Å². The van der Waals surface area contributed by atoms with E-state index < -0.39 is 6.10 Å². The Hall–Kier alpha value is -2.14. The third kappa shape index (κ3) is 52.5. The maximum absolute atomic E-state index is 12.8. The van der Waals surface area contributed by atoms with Gasteiger partial charge in [-0.05, 0) is 96.3 Å². The summed E-state index contributed by atoms with van der Waals surface area (Å²) in [6, 6.07) is 0.